The Hall–Kier alpha value is -1.27. The van der Waals surface area contributed by atoms with E-state index in [9.17, 15) is 4.39 Å². The van der Waals surface area contributed by atoms with E-state index >= 15 is 0 Å². The summed E-state index contributed by atoms with van der Waals surface area (Å²) in [5.74, 6) is 0.401. The number of likely N-dealkylation sites (N-methyl/N-ethyl adjacent to an activating group) is 1. The smallest absolute Gasteiger partial charge is 0.138 e. The third-order valence-corrected chi connectivity index (χ3v) is 2.60. The molecule has 0 aromatic rings. The summed E-state index contributed by atoms with van der Waals surface area (Å²) in [4.78, 5) is 6.07. The molecule has 0 saturated carbocycles. The number of nitrogens with two attached hydrogens (primary N) is 1. The summed E-state index contributed by atoms with van der Waals surface area (Å²) < 4.78 is 18.5. The van der Waals surface area contributed by atoms with Gasteiger partial charge in [-0.05, 0) is 19.2 Å². The van der Waals surface area contributed by atoms with Crippen molar-refractivity contribution in [1.82, 2.24) is 4.90 Å². The molecule has 1 aliphatic heterocycles. The van der Waals surface area contributed by atoms with Gasteiger partial charge in [-0.25, -0.2) is 4.39 Å². The minimum absolute atomic E-state index is 0.0134. The quantitative estimate of drug-likeness (QED) is 0.535. The summed E-state index contributed by atoms with van der Waals surface area (Å²) in [6.07, 6.45) is 2.45. The fraction of sp³-hybridized carbons (Fsp3) is 0.636. The van der Waals surface area contributed by atoms with E-state index in [1.54, 1.807) is 0 Å². The molecule has 0 spiro atoms. The van der Waals surface area contributed by atoms with Gasteiger partial charge in [0.2, 0.25) is 0 Å². The average molecular weight is 242 g/mol. The van der Waals surface area contributed by atoms with Crippen molar-refractivity contribution in [3.63, 3.8) is 0 Å². The van der Waals surface area contributed by atoms with E-state index in [1.165, 1.54) is 12.2 Å². The zero-order chi connectivity index (χ0) is 12.7. The zero-order valence-corrected chi connectivity index (χ0v) is 9.97. The van der Waals surface area contributed by atoms with E-state index in [0.717, 1.165) is 12.8 Å². The minimum Gasteiger partial charge on any atom is -0.386 e. The molecule has 2 atom stereocenters. The molecule has 3 N–H and O–H groups in total. The van der Waals surface area contributed by atoms with Crippen LogP contribution in [0.2, 0.25) is 0 Å². The lowest BCUT2D eigenvalue weighted by Gasteiger charge is -2.31. The molecular weight excluding hydrogens is 223 g/mol. The molecule has 1 rings (SSSR count). The first-order valence-electron chi connectivity index (χ1n) is 5.54. The number of morpholine rings is 1. The summed E-state index contributed by atoms with van der Waals surface area (Å²) in [5, 5.41) is 6.74. The molecule has 2 unspecified atom stereocenters. The highest BCUT2D eigenvalue weighted by molar-refractivity contribution is 5.86. The van der Waals surface area contributed by atoms with Crippen molar-refractivity contribution < 1.29 is 9.13 Å². The molecule has 0 amide bonds. The van der Waals surface area contributed by atoms with Crippen LogP contribution in [0, 0.1) is 5.41 Å². The Bertz CT molecular complexity index is 306. The van der Waals surface area contributed by atoms with E-state index < -0.39 is 6.17 Å². The lowest BCUT2D eigenvalue weighted by atomic mass is 10.2. The molecule has 1 saturated heterocycles. The van der Waals surface area contributed by atoms with Crippen LogP contribution >= 0.6 is 0 Å². The zero-order valence-electron chi connectivity index (χ0n) is 9.97. The van der Waals surface area contributed by atoms with Crippen LogP contribution in [0.5, 0.6) is 0 Å². The van der Waals surface area contributed by atoms with Gasteiger partial charge < -0.3 is 15.9 Å². The normalized spacial score (nSPS) is 25.1. The van der Waals surface area contributed by atoms with Crippen molar-refractivity contribution in [2.24, 2.45) is 10.7 Å². The maximum atomic E-state index is 13.2. The van der Waals surface area contributed by atoms with E-state index in [0.29, 0.717) is 19.0 Å². The van der Waals surface area contributed by atoms with Gasteiger partial charge >= 0.3 is 0 Å². The largest absolute Gasteiger partial charge is 0.386 e. The van der Waals surface area contributed by atoms with Gasteiger partial charge in [-0.1, -0.05) is 0 Å². The van der Waals surface area contributed by atoms with Crippen LogP contribution in [0.1, 0.15) is 0 Å². The number of alkyl halides is 1. The highest BCUT2D eigenvalue weighted by atomic mass is 19.1. The average Bonchev–Trinajstić information content (AvgIpc) is 2.34. The third-order valence-electron chi connectivity index (χ3n) is 2.60. The van der Waals surface area contributed by atoms with Crippen LogP contribution in [0.15, 0.2) is 17.1 Å². The van der Waals surface area contributed by atoms with Crippen molar-refractivity contribution in [1.29, 1.82) is 5.41 Å². The second-order valence-electron chi connectivity index (χ2n) is 3.90. The van der Waals surface area contributed by atoms with Crippen molar-refractivity contribution in [3.05, 3.63) is 12.2 Å². The van der Waals surface area contributed by atoms with E-state index in [2.05, 4.69) is 4.99 Å². The molecule has 0 aliphatic carbocycles. The Labute approximate surface area is 101 Å². The number of halogens is 1. The van der Waals surface area contributed by atoms with Crippen LogP contribution in [-0.4, -0.2) is 62.5 Å². The summed E-state index contributed by atoms with van der Waals surface area (Å²) in [7, 11) is 1.94. The molecule has 1 fully saturated rings. The van der Waals surface area contributed by atoms with Crippen LogP contribution in [0.3, 0.4) is 0 Å². The molecule has 5 nitrogen and oxygen atoms in total. The summed E-state index contributed by atoms with van der Waals surface area (Å²) in [5.41, 5.74) is 5.81. The van der Waals surface area contributed by atoms with E-state index in [4.69, 9.17) is 15.9 Å². The maximum Gasteiger partial charge on any atom is 0.138 e. The third kappa shape index (κ3) is 4.62. The fourth-order valence-electron chi connectivity index (χ4n) is 1.53. The number of amidine groups is 1. The van der Waals surface area contributed by atoms with Crippen LogP contribution in [0.4, 0.5) is 4.39 Å². The Kier molecular flexibility index (Phi) is 5.79. The first-order chi connectivity index (χ1) is 8.15. The second kappa shape index (κ2) is 7.13. The van der Waals surface area contributed by atoms with Gasteiger partial charge in [0.15, 0.2) is 0 Å². The monoisotopic (exact) mass is 242 g/mol. The molecule has 17 heavy (non-hydrogen) atoms. The van der Waals surface area contributed by atoms with Crippen molar-refractivity contribution in [3.8, 4) is 0 Å². The molecule has 0 aromatic heterocycles. The van der Waals surface area contributed by atoms with E-state index in [1.807, 2.05) is 11.9 Å². The lowest BCUT2D eigenvalue weighted by Crippen LogP contribution is -2.50. The first-order valence-corrected chi connectivity index (χ1v) is 5.54. The Morgan fingerprint density at radius 2 is 2.53 bits per heavy atom. The van der Waals surface area contributed by atoms with Crippen molar-refractivity contribution in [2.75, 3.05) is 33.4 Å². The number of ether oxygens (including phenoxy) is 1. The summed E-state index contributed by atoms with van der Waals surface area (Å²) in [6, 6.07) is -0.0670. The number of nitrogens with one attached hydrogen (secondary N) is 1. The van der Waals surface area contributed by atoms with Gasteiger partial charge in [0.1, 0.15) is 12.0 Å². The number of allylic oxidation sites excluding steroid dienone is 1. The number of rotatable bonds is 5. The predicted octanol–water partition coefficient (Wildman–Crippen LogP) is 0.218. The lowest BCUT2D eigenvalue weighted by molar-refractivity contribution is 0.0296. The number of nitrogens with zero attached hydrogens (tertiary/aromatic N) is 2. The minimum atomic E-state index is -1.20. The predicted molar refractivity (Wildman–Crippen MR) is 66.5 cm³/mol. The van der Waals surface area contributed by atoms with Crippen molar-refractivity contribution in [2.45, 2.75) is 12.2 Å². The molecule has 1 heterocycles. The summed E-state index contributed by atoms with van der Waals surface area (Å²) >= 11 is 0. The standard InChI is InChI=1S/C11H19FN4O/c1-16-5-6-17-8-10(16)11(14)15-7-9(12)3-2-4-13/h2-4,9-10,13H,5-8H2,1H3,(H2,14,15)/b3-2-,13-4?. The SMILES string of the molecule is CN1CCOCC1C(N)=NCC(F)/C=C\C=N. The van der Waals surface area contributed by atoms with Gasteiger partial charge in [0.25, 0.3) is 0 Å². The molecular formula is C11H19FN4O. The topological polar surface area (TPSA) is 74.7 Å². The Morgan fingerprint density at radius 3 is 3.18 bits per heavy atom. The van der Waals surface area contributed by atoms with Gasteiger partial charge in [-0.15, -0.1) is 0 Å². The van der Waals surface area contributed by atoms with Gasteiger partial charge in [-0.3, -0.25) is 9.89 Å². The van der Waals surface area contributed by atoms with E-state index in [-0.39, 0.29) is 12.6 Å². The van der Waals surface area contributed by atoms with Crippen LogP contribution in [-0.2, 0) is 4.74 Å². The molecule has 96 valence electrons. The summed E-state index contributed by atoms with van der Waals surface area (Å²) in [6.45, 7) is 1.97. The number of hydrogen-bond acceptors (Lipinski definition) is 4. The number of aliphatic imine (C=N–C) groups is 1. The number of hydrogen-bond donors (Lipinski definition) is 2. The second-order valence-corrected chi connectivity index (χ2v) is 3.90. The van der Waals surface area contributed by atoms with Gasteiger partial charge in [0.05, 0.1) is 25.8 Å². The fourth-order valence-corrected chi connectivity index (χ4v) is 1.53. The van der Waals surface area contributed by atoms with Crippen LogP contribution < -0.4 is 5.73 Å². The maximum absolute atomic E-state index is 13.2. The molecule has 0 radical (unpaired) electrons. The highest BCUT2D eigenvalue weighted by Crippen LogP contribution is 2.04. The Morgan fingerprint density at radius 1 is 1.76 bits per heavy atom. The molecule has 1 aliphatic rings. The van der Waals surface area contributed by atoms with Gasteiger partial charge in [-0.2, -0.15) is 0 Å². The van der Waals surface area contributed by atoms with Crippen LogP contribution in [0.25, 0.3) is 0 Å². The molecule has 6 heteroatoms. The van der Waals surface area contributed by atoms with Crippen molar-refractivity contribution >= 4 is 12.1 Å². The highest BCUT2D eigenvalue weighted by Gasteiger charge is 2.22. The Balaban J connectivity index is 2.47. The molecule has 0 bridgehead atoms. The van der Waals surface area contributed by atoms with Gasteiger partial charge in [0, 0.05) is 12.8 Å². The molecule has 0 aromatic carbocycles. The first kappa shape index (κ1) is 13.8.